The summed E-state index contributed by atoms with van der Waals surface area (Å²) in [5.41, 5.74) is 0.846. The maximum atomic E-state index is 12.6. The van der Waals surface area contributed by atoms with Crippen molar-refractivity contribution in [1.82, 2.24) is 0 Å². The first kappa shape index (κ1) is 19.4. The van der Waals surface area contributed by atoms with Crippen molar-refractivity contribution in [2.24, 2.45) is 5.92 Å². The van der Waals surface area contributed by atoms with Gasteiger partial charge >= 0.3 is 5.97 Å². The number of methoxy groups -OCH3 is 1. The van der Waals surface area contributed by atoms with Crippen molar-refractivity contribution in [2.75, 3.05) is 7.11 Å². The van der Waals surface area contributed by atoms with Crippen LogP contribution in [0.3, 0.4) is 0 Å². The highest BCUT2D eigenvalue weighted by Gasteiger charge is 2.21. The quantitative estimate of drug-likeness (QED) is 0.459. The standard InChI is InChI=1S/C22H20O6/c1-14(22(25)26-2)11-16(23)20-12-17(24)21-18(9-6-10-19(21)28-20)27-13-15-7-4-3-5-8-15/h3-10,12,14H,11,13H2,1-2H3. The molecule has 2 aromatic carbocycles. The van der Waals surface area contributed by atoms with Gasteiger partial charge in [0.1, 0.15) is 23.3 Å². The van der Waals surface area contributed by atoms with Crippen LogP contribution in [0, 0.1) is 5.92 Å². The van der Waals surface area contributed by atoms with Gasteiger partial charge in [-0.05, 0) is 17.7 Å². The molecule has 1 heterocycles. The summed E-state index contributed by atoms with van der Waals surface area (Å²) in [6.45, 7) is 1.88. The molecule has 0 aliphatic carbocycles. The van der Waals surface area contributed by atoms with Crippen LogP contribution in [0.5, 0.6) is 5.75 Å². The third-order valence-corrected chi connectivity index (χ3v) is 4.32. The van der Waals surface area contributed by atoms with Crippen molar-refractivity contribution in [1.29, 1.82) is 0 Å². The number of esters is 1. The summed E-state index contributed by atoms with van der Waals surface area (Å²) in [7, 11) is 1.26. The second kappa shape index (κ2) is 8.52. The van der Waals surface area contributed by atoms with Crippen LogP contribution in [-0.4, -0.2) is 18.9 Å². The first-order valence-electron chi connectivity index (χ1n) is 8.84. The third-order valence-electron chi connectivity index (χ3n) is 4.32. The van der Waals surface area contributed by atoms with E-state index in [1.807, 2.05) is 30.3 Å². The zero-order valence-electron chi connectivity index (χ0n) is 15.6. The van der Waals surface area contributed by atoms with Crippen molar-refractivity contribution in [2.45, 2.75) is 20.0 Å². The van der Waals surface area contributed by atoms with Crippen LogP contribution in [0.15, 0.2) is 63.8 Å². The van der Waals surface area contributed by atoms with Gasteiger partial charge in [-0.2, -0.15) is 0 Å². The summed E-state index contributed by atoms with van der Waals surface area (Å²) >= 11 is 0. The molecule has 0 radical (unpaired) electrons. The smallest absolute Gasteiger partial charge is 0.308 e. The van der Waals surface area contributed by atoms with E-state index in [9.17, 15) is 14.4 Å². The Bertz CT molecular complexity index is 1050. The Morgan fingerprint density at radius 1 is 1.07 bits per heavy atom. The Labute approximate surface area is 161 Å². The molecule has 6 heteroatoms. The lowest BCUT2D eigenvalue weighted by Gasteiger charge is -2.10. The summed E-state index contributed by atoms with van der Waals surface area (Å²) < 4.78 is 16.0. The highest BCUT2D eigenvalue weighted by Crippen LogP contribution is 2.25. The number of carbonyl (C=O) groups is 2. The Kier molecular flexibility index (Phi) is 5.89. The van der Waals surface area contributed by atoms with Crippen LogP contribution < -0.4 is 10.2 Å². The van der Waals surface area contributed by atoms with Crippen LogP contribution in [-0.2, 0) is 16.1 Å². The monoisotopic (exact) mass is 380 g/mol. The second-order valence-electron chi connectivity index (χ2n) is 6.43. The number of carbonyl (C=O) groups excluding carboxylic acids is 2. The molecule has 1 aromatic heterocycles. The maximum Gasteiger partial charge on any atom is 0.308 e. The van der Waals surface area contributed by atoms with Gasteiger partial charge in [-0.1, -0.05) is 43.3 Å². The molecule has 1 unspecified atom stereocenters. The minimum Gasteiger partial charge on any atom is -0.488 e. The lowest BCUT2D eigenvalue weighted by atomic mass is 10.0. The first-order chi connectivity index (χ1) is 13.5. The number of rotatable bonds is 7. The van der Waals surface area contributed by atoms with Crippen molar-refractivity contribution in [3.05, 3.63) is 76.1 Å². The molecule has 144 valence electrons. The van der Waals surface area contributed by atoms with Gasteiger partial charge in [0, 0.05) is 12.5 Å². The molecule has 0 fully saturated rings. The fourth-order valence-electron chi connectivity index (χ4n) is 2.83. The molecule has 0 aliphatic rings. The average molecular weight is 380 g/mol. The lowest BCUT2D eigenvalue weighted by molar-refractivity contribution is -0.144. The minimum absolute atomic E-state index is 0.0894. The first-order valence-corrected chi connectivity index (χ1v) is 8.84. The number of ether oxygens (including phenoxy) is 2. The summed E-state index contributed by atoms with van der Waals surface area (Å²) in [6.07, 6.45) is -0.106. The molecule has 1 atom stereocenters. The van der Waals surface area contributed by atoms with Gasteiger partial charge in [-0.15, -0.1) is 0 Å². The van der Waals surface area contributed by atoms with Gasteiger partial charge in [0.2, 0.25) is 0 Å². The highest BCUT2D eigenvalue weighted by atomic mass is 16.5. The van der Waals surface area contributed by atoms with Crippen molar-refractivity contribution in [3.8, 4) is 5.75 Å². The second-order valence-corrected chi connectivity index (χ2v) is 6.43. The molecule has 0 saturated heterocycles. The number of hydrogen-bond acceptors (Lipinski definition) is 6. The van der Waals surface area contributed by atoms with E-state index in [0.29, 0.717) is 12.4 Å². The fourth-order valence-corrected chi connectivity index (χ4v) is 2.83. The van der Waals surface area contributed by atoms with Crippen LogP contribution in [0.25, 0.3) is 11.0 Å². The summed E-state index contributed by atoms with van der Waals surface area (Å²) in [4.78, 5) is 36.5. The SMILES string of the molecule is COC(=O)C(C)CC(=O)c1cc(=O)c2c(OCc3ccccc3)cccc2o1. The van der Waals surface area contributed by atoms with Gasteiger partial charge in [0.25, 0.3) is 0 Å². The zero-order chi connectivity index (χ0) is 20.1. The van der Waals surface area contributed by atoms with E-state index in [1.54, 1.807) is 25.1 Å². The maximum absolute atomic E-state index is 12.6. The van der Waals surface area contributed by atoms with E-state index in [4.69, 9.17) is 9.15 Å². The van der Waals surface area contributed by atoms with Gasteiger partial charge in [0.05, 0.1) is 13.0 Å². The molecule has 28 heavy (non-hydrogen) atoms. The van der Waals surface area contributed by atoms with E-state index in [2.05, 4.69) is 4.74 Å². The van der Waals surface area contributed by atoms with Crippen molar-refractivity contribution in [3.63, 3.8) is 0 Å². The van der Waals surface area contributed by atoms with Crippen LogP contribution in [0.1, 0.15) is 29.5 Å². The Morgan fingerprint density at radius 3 is 2.54 bits per heavy atom. The Morgan fingerprint density at radius 2 is 1.82 bits per heavy atom. The number of ketones is 1. The van der Waals surface area contributed by atoms with E-state index in [1.165, 1.54) is 7.11 Å². The zero-order valence-corrected chi connectivity index (χ0v) is 15.6. The number of hydrogen-bond donors (Lipinski definition) is 0. The lowest BCUT2D eigenvalue weighted by Crippen LogP contribution is -2.18. The molecule has 3 aromatic rings. The molecule has 0 N–H and O–H groups in total. The molecule has 0 saturated carbocycles. The van der Waals surface area contributed by atoms with E-state index in [0.717, 1.165) is 11.6 Å². The van der Waals surface area contributed by atoms with E-state index in [-0.39, 0.29) is 28.6 Å². The normalized spacial score (nSPS) is 11.8. The van der Waals surface area contributed by atoms with E-state index >= 15 is 0 Å². The van der Waals surface area contributed by atoms with Crippen LogP contribution in [0.4, 0.5) is 0 Å². The van der Waals surface area contributed by atoms with Crippen LogP contribution >= 0.6 is 0 Å². The van der Waals surface area contributed by atoms with Crippen molar-refractivity contribution < 1.29 is 23.5 Å². The number of benzene rings is 2. The van der Waals surface area contributed by atoms with Crippen molar-refractivity contribution >= 4 is 22.7 Å². The topological polar surface area (TPSA) is 82.8 Å². The van der Waals surface area contributed by atoms with Gasteiger partial charge in [-0.25, -0.2) is 0 Å². The number of fused-ring (bicyclic) bond motifs is 1. The molecule has 0 bridgehead atoms. The largest absolute Gasteiger partial charge is 0.488 e. The molecular weight excluding hydrogens is 360 g/mol. The van der Waals surface area contributed by atoms with Gasteiger partial charge < -0.3 is 13.9 Å². The summed E-state index contributed by atoms with van der Waals surface area (Å²) in [6, 6.07) is 15.7. The predicted molar refractivity (Wildman–Crippen MR) is 103 cm³/mol. The molecule has 0 spiro atoms. The molecule has 0 aliphatic heterocycles. The molecule has 0 amide bonds. The van der Waals surface area contributed by atoms with Crippen LogP contribution in [0.2, 0.25) is 0 Å². The fraction of sp³-hybridized carbons (Fsp3) is 0.227. The number of Topliss-reactive ketones (excluding diaryl/α,β-unsaturated/α-hetero) is 1. The minimum atomic E-state index is -0.626. The van der Waals surface area contributed by atoms with E-state index < -0.39 is 17.7 Å². The highest BCUT2D eigenvalue weighted by molar-refractivity contribution is 5.97. The molecule has 6 nitrogen and oxygen atoms in total. The Hall–Kier alpha value is -3.41. The summed E-state index contributed by atoms with van der Waals surface area (Å²) in [5.74, 6) is -1.26. The van der Waals surface area contributed by atoms with Gasteiger partial charge in [-0.3, -0.25) is 14.4 Å². The molecular formula is C22H20O6. The molecule has 3 rings (SSSR count). The summed E-state index contributed by atoms with van der Waals surface area (Å²) in [5, 5.41) is 0.274. The Balaban J connectivity index is 1.87. The average Bonchev–Trinajstić information content (AvgIpc) is 2.71. The predicted octanol–water partition coefficient (Wildman–Crippen LogP) is 3.75. The van der Waals surface area contributed by atoms with Gasteiger partial charge in [0.15, 0.2) is 17.0 Å². The third kappa shape index (κ3) is 4.28.